The van der Waals surface area contributed by atoms with Crippen LogP contribution >= 0.6 is 0 Å². The van der Waals surface area contributed by atoms with Gasteiger partial charge in [-0.1, -0.05) is 0 Å². The van der Waals surface area contributed by atoms with Crippen LogP contribution in [0, 0.1) is 17.5 Å². The van der Waals surface area contributed by atoms with Crippen molar-refractivity contribution in [2.24, 2.45) is 5.14 Å². The van der Waals surface area contributed by atoms with E-state index in [2.05, 4.69) is 5.14 Å². The Bertz CT molecular complexity index is 435. The molecule has 0 bridgehead atoms. The molecule has 0 aliphatic heterocycles. The largest absolute Gasteiger partial charge is 0.228 e. The van der Waals surface area contributed by atoms with Crippen molar-refractivity contribution in [3.8, 4) is 0 Å². The minimum Gasteiger partial charge on any atom is -0.228 e. The number of hydrogen-bond donors (Lipinski definition) is 1. The Kier molecular flexibility index (Phi) is 2.81. The van der Waals surface area contributed by atoms with Crippen molar-refractivity contribution in [2.75, 3.05) is 0 Å². The fourth-order valence-electron chi connectivity index (χ4n) is 0.924. The highest BCUT2D eigenvalue weighted by atomic mass is 32.2. The SMILES string of the molecule is NS(=O)(=O)Cc1cc(F)c(F)c(F)c1. The molecule has 0 saturated heterocycles. The minimum absolute atomic E-state index is 0.232. The van der Waals surface area contributed by atoms with Gasteiger partial charge in [-0.05, 0) is 17.7 Å². The number of hydrogen-bond acceptors (Lipinski definition) is 2. The van der Waals surface area contributed by atoms with Crippen molar-refractivity contribution in [1.29, 1.82) is 0 Å². The zero-order chi connectivity index (χ0) is 10.9. The van der Waals surface area contributed by atoms with Gasteiger partial charge in [-0.25, -0.2) is 26.7 Å². The molecule has 7 heteroatoms. The van der Waals surface area contributed by atoms with E-state index < -0.39 is 33.2 Å². The molecule has 78 valence electrons. The molecule has 1 aromatic carbocycles. The molecule has 0 saturated carbocycles. The van der Waals surface area contributed by atoms with Gasteiger partial charge >= 0.3 is 0 Å². The zero-order valence-electron chi connectivity index (χ0n) is 6.80. The fraction of sp³-hybridized carbons (Fsp3) is 0.143. The Labute approximate surface area is 78.4 Å². The van der Waals surface area contributed by atoms with Crippen molar-refractivity contribution >= 4 is 10.0 Å². The molecule has 0 aliphatic carbocycles. The van der Waals surface area contributed by atoms with E-state index in [1.807, 2.05) is 0 Å². The molecule has 14 heavy (non-hydrogen) atoms. The Morgan fingerprint density at radius 3 is 1.93 bits per heavy atom. The van der Waals surface area contributed by atoms with Gasteiger partial charge in [-0.3, -0.25) is 0 Å². The topological polar surface area (TPSA) is 60.2 Å². The smallest absolute Gasteiger partial charge is 0.213 e. The summed E-state index contributed by atoms with van der Waals surface area (Å²) in [5.41, 5.74) is -0.232. The fourth-order valence-corrected chi connectivity index (χ4v) is 1.55. The van der Waals surface area contributed by atoms with E-state index in [1.54, 1.807) is 0 Å². The Balaban J connectivity index is 3.14. The third kappa shape index (κ3) is 2.71. The van der Waals surface area contributed by atoms with Gasteiger partial charge in [0.05, 0.1) is 5.75 Å². The van der Waals surface area contributed by atoms with Crippen LogP contribution in [0.15, 0.2) is 12.1 Å². The molecule has 2 N–H and O–H groups in total. The number of halogens is 3. The lowest BCUT2D eigenvalue weighted by molar-refractivity contribution is 0.446. The molecule has 1 aromatic rings. The molecule has 0 spiro atoms. The maximum absolute atomic E-state index is 12.6. The number of sulfonamides is 1. The second-order valence-corrected chi connectivity index (χ2v) is 4.30. The van der Waals surface area contributed by atoms with E-state index in [-0.39, 0.29) is 5.56 Å². The van der Waals surface area contributed by atoms with Crippen LogP contribution < -0.4 is 5.14 Å². The summed E-state index contributed by atoms with van der Waals surface area (Å²) in [5.74, 6) is -5.25. The summed E-state index contributed by atoms with van der Waals surface area (Å²) in [6.07, 6.45) is 0. The van der Waals surface area contributed by atoms with Gasteiger partial charge in [0.1, 0.15) is 0 Å². The van der Waals surface area contributed by atoms with Gasteiger partial charge in [0.15, 0.2) is 17.5 Å². The predicted molar refractivity (Wildman–Crippen MR) is 43.1 cm³/mol. The summed E-state index contributed by atoms with van der Waals surface area (Å²) in [6, 6.07) is 1.17. The van der Waals surface area contributed by atoms with E-state index in [1.165, 1.54) is 0 Å². The van der Waals surface area contributed by atoms with Gasteiger partial charge in [0, 0.05) is 0 Å². The number of primary sulfonamides is 1. The predicted octanol–water partition coefficient (Wildman–Crippen LogP) is 0.892. The highest BCUT2D eigenvalue weighted by Crippen LogP contribution is 2.14. The molecule has 0 radical (unpaired) electrons. The molecule has 0 aromatic heterocycles. The van der Waals surface area contributed by atoms with Crippen molar-refractivity contribution in [3.05, 3.63) is 35.1 Å². The highest BCUT2D eigenvalue weighted by molar-refractivity contribution is 7.88. The molecule has 0 fully saturated rings. The normalized spacial score (nSPS) is 11.7. The molecule has 0 atom stereocenters. The number of benzene rings is 1. The second-order valence-electron chi connectivity index (χ2n) is 2.68. The molecule has 0 aliphatic rings. The summed E-state index contributed by atoms with van der Waals surface area (Å²) >= 11 is 0. The maximum Gasteiger partial charge on any atom is 0.213 e. The number of nitrogens with two attached hydrogens (primary N) is 1. The van der Waals surface area contributed by atoms with E-state index in [0.717, 1.165) is 0 Å². The molecule has 0 heterocycles. The van der Waals surface area contributed by atoms with Crippen LogP contribution in [0.5, 0.6) is 0 Å². The lowest BCUT2D eigenvalue weighted by atomic mass is 10.2. The lowest BCUT2D eigenvalue weighted by Gasteiger charge is -2.01. The van der Waals surface area contributed by atoms with Gasteiger partial charge < -0.3 is 0 Å². The van der Waals surface area contributed by atoms with E-state index in [9.17, 15) is 21.6 Å². The Morgan fingerprint density at radius 2 is 1.57 bits per heavy atom. The van der Waals surface area contributed by atoms with Crippen LogP contribution in [-0.4, -0.2) is 8.42 Å². The van der Waals surface area contributed by atoms with E-state index in [0.29, 0.717) is 12.1 Å². The lowest BCUT2D eigenvalue weighted by Crippen LogP contribution is -2.15. The van der Waals surface area contributed by atoms with E-state index >= 15 is 0 Å². The van der Waals surface area contributed by atoms with Crippen molar-refractivity contribution < 1.29 is 21.6 Å². The van der Waals surface area contributed by atoms with Crippen LogP contribution in [0.1, 0.15) is 5.56 Å². The minimum atomic E-state index is -3.88. The van der Waals surface area contributed by atoms with Crippen LogP contribution in [0.2, 0.25) is 0 Å². The van der Waals surface area contributed by atoms with E-state index in [4.69, 9.17) is 0 Å². The highest BCUT2D eigenvalue weighted by Gasteiger charge is 2.13. The van der Waals surface area contributed by atoms with Crippen molar-refractivity contribution in [2.45, 2.75) is 5.75 Å². The quantitative estimate of drug-likeness (QED) is 0.760. The first-order valence-corrected chi connectivity index (χ1v) is 5.15. The summed E-state index contributed by atoms with van der Waals surface area (Å²) in [5, 5.41) is 4.64. The first-order valence-electron chi connectivity index (χ1n) is 3.43. The summed E-state index contributed by atoms with van der Waals surface area (Å²) in [7, 11) is -3.88. The Morgan fingerprint density at radius 1 is 1.14 bits per heavy atom. The van der Waals surface area contributed by atoms with Crippen molar-refractivity contribution in [1.82, 2.24) is 0 Å². The third-order valence-corrected chi connectivity index (χ3v) is 2.15. The van der Waals surface area contributed by atoms with Crippen LogP contribution in [0.4, 0.5) is 13.2 Å². The van der Waals surface area contributed by atoms with Crippen LogP contribution in [0.25, 0.3) is 0 Å². The first-order chi connectivity index (χ1) is 6.29. The number of rotatable bonds is 2. The summed E-state index contributed by atoms with van der Waals surface area (Å²) in [6.45, 7) is 0. The van der Waals surface area contributed by atoms with Gasteiger partial charge in [0.25, 0.3) is 0 Å². The standard InChI is InChI=1S/C7H6F3NO2S/c8-5-1-4(3-14(11,12)13)2-6(9)7(5)10/h1-2H,3H2,(H2,11,12,13). The molecule has 3 nitrogen and oxygen atoms in total. The monoisotopic (exact) mass is 225 g/mol. The third-order valence-electron chi connectivity index (χ3n) is 1.41. The molecule has 0 unspecified atom stereocenters. The first kappa shape index (κ1) is 11.0. The summed E-state index contributed by atoms with van der Waals surface area (Å²) < 4.78 is 58.6. The molecular formula is C7H6F3NO2S. The van der Waals surface area contributed by atoms with Gasteiger partial charge in [-0.15, -0.1) is 0 Å². The Hall–Kier alpha value is -1.08. The summed E-state index contributed by atoms with van der Waals surface area (Å²) in [4.78, 5) is 0. The maximum atomic E-state index is 12.6. The van der Waals surface area contributed by atoms with Gasteiger partial charge in [-0.2, -0.15) is 0 Å². The average Bonchev–Trinajstić information content (AvgIpc) is 1.96. The molecular weight excluding hydrogens is 219 g/mol. The average molecular weight is 225 g/mol. The second kappa shape index (κ2) is 3.58. The van der Waals surface area contributed by atoms with Crippen molar-refractivity contribution in [3.63, 3.8) is 0 Å². The molecule has 1 rings (SSSR count). The van der Waals surface area contributed by atoms with Crippen LogP contribution in [0.3, 0.4) is 0 Å². The zero-order valence-corrected chi connectivity index (χ0v) is 7.61. The molecule has 0 amide bonds. The van der Waals surface area contributed by atoms with Gasteiger partial charge in [0.2, 0.25) is 10.0 Å². The van der Waals surface area contributed by atoms with Crippen LogP contribution in [-0.2, 0) is 15.8 Å².